The molecule has 11 heteroatoms. The van der Waals surface area contributed by atoms with E-state index in [1.54, 1.807) is 6.08 Å². The van der Waals surface area contributed by atoms with Gasteiger partial charge in [0.25, 0.3) is 0 Å². The fraction of sp³-hybridized carbons (Fsp3) is 0.702. The summed E-state index contributed by atoms with van der Waals surface area (Å²) in [5.41, 5.74) is 5.34. The molecule has 0 aliphatic rings. The van der Waals surface area contributed by atoms with E-state index in [-0.39, 0.29) is 38.7 Å². The zero-order valence-corrected chi connectivity index (χ0v) is 37.3. The molecule has 0 aromatic carbocycles. The van der Waals surface area contributed by atoms with E-state index in [9.17, 15) is 24.2 Å². The minimum absolute atomic E-state index is 0.0349. The monoisotopic (exact) mass is 836 g/mol. The van der Waals surface area contributed by atoms with E-state index in [2.05, 4.69) is 43.4 Å². The van der Waals surface area contributed by atoms with E-state index >= 15 is 0 Å². The summed E-state index contributed by atoms with van der Waals surface area (Å²) in [4.78, 5) is 34.9. The van der Waals surface area contributed by atoms with E-state index in [4.69, 9.17) is 24.3 Å². The number of carbonyl (C=O) groups excluding carboxylic acids is 2. The quantitative estimate of drug-likeness (QED) is 0.0178. The molecule has 58 heavy (non-hydrogen) atoms. The molecule has 1 unspecified atom stereocenters. The van der Waals surface area contributed by atoms with E-state index in [1.807, 2.05) is 37.3 Å². The van der Waals surface area contributed by atoms with Crippen LogP contribution in [-0.2, 0) is 32.7 Å². The molecular formula is C47H82NO9P. The molecule has 0 amide bonds. The first-order valence-electron chi connectivity index (χ1n) is 22.5. The highest BCUT2D eigenvalue weighted by atomic mass is 31.2. The lowest BCUT2D eigenvalue weighted by Crippen LogP contribution is -2.29. The van der Waals surface area contributed by atoms with Gasteiger partial charge in [0.2, 0.25) is 0 Å². The fourth-order valence-corrected chi connectivity index (χ4v) is 6.50. The highest BCUT2D eigenvalue weighted by molar-refractivity contribution is 7.47. The summed E-state index contributed by atoms with van der Waals surface area (Å²) < 4.78 is 32.7. The van der Waals surface area contributed by atoms with Gasteiger partial charge in [-0.3, -0.25) is 18.6 Å². The molecule has 0 fully saturated rings. The Morgan fingerprint density at radius 1 is 0.603 bits per heavy atom. The molecule has 0 saturated heterocycles. The molecule has 0 heterocycles. The number of hydrogen-bond donors (Lipinski definition) is 3. The molecule has 0 aromatic heterocycles. The van der Waals surface area contributed by atoms with Crippen LogP contribution < -0.4 is 5.73 Å². The van der Waals surface area contributed by atoms with Crippen molar-refractivity contribution in [3.63, 3.8) is 0 Å². The fourth-order valence-electron chi connectivity index (χ4n) is 5.73. The van der Waals surface area contributed by atoms with Crippen LogP contribution in [0.4, 0.5) is 0 Å². The number of phosphoric ester groups is 1. The van der Waals surface area contributed by atoms with Crippen LogP contribution in [0.1, 0.15) is 174 Å². The number of allylic oxidation sites excluding steroid dienone is 11. The van der Waals surface area contributed by atoms with Crippen molar-refractivity contribution in [1.82, 2.24) is 0 Å². The van der Waals surface area contributed by atoms with Crippen LogP contribution in [0.3, 0.4) is 0 Å². The van der Waals surface area contributed by atoms with Gasteiger partial charge in [-0.15, -0.1) is 0 Å². The van der Waals surface area contributed by atoms with Crippen molar-refractivity contribution in [1.29, 1.82) is 0 Å². The molecule has 0 spiro atoms. The molecule has 0 aliphatic carbocycles. The summed E-state index contributed by atoms with van der Waals surface area (Å²) in [6.45, 7) is 3.31. The van der Waals surface area contributed by atoms with Gasteiger partial charge in [0.05, 0.1) is 19.3 Å². The average Bonchev–Trinajstić information content (AvgIpc) is 3.21. The van der Waals surface area contributed by atoms with Gasteiger partial charge in [-0.05, 0) is 70.6 Å². The van der Waals surface area contributed by atoms with E-state index in [1.165, 1.54) is 83.5 Å². The average molecular weight is 836 g/mol. The molecule has 0 aromatic rings. The lowest BCUT2D eigenvalue weighted by atomic mass is 10.1. The first-order chi connectivity index (χ1) is 28.2. The predicted molar refractivity (Wildman–Crippen MR) is 239 cm³/mol. The number of aliphatic hydroxyl groups excluding tert-OH is 1. The number of hydrogen-bond acceptors (Lipinski definition) is 9. The van der Waals surface area contributed by atoms with Gasteiger partial charge in [0.15, 0.2) is 6.10 Å². The molecule has 334 valence electrons. The minimum atomic E-state index is -4.41. The SMILES string of the molecule is CCCCCCCC/C=C\CCCCCCCCCCCC(=O)OC[C@H](COP(=O)(O)OCCN)OC(=O)CCC/C=C\C/C=C\C/C=C\C/C=C\C=C\[C@H](O)CC. The van der Waals surface area contributed by atoms with Crippen molar-refractivity contribution in [2.75, 3.05) is 26.4 Å². The Kier molecular flexibility index (Phi) is 40.6. The van der Waals surface area contributed by atoms with Crippen molar-refractivity contribution < 1.29 is 42.7 Å². The largest absolute Gasteiger partial charge is 0.472 e. The second kappa shape index (κ2) is 42.5. The Morgan fingerprint density at radius 2 is 1.10 bits per heavy atom. The second-order valence-corrected chi connectivity index (χ2v) is 16.2. The van der Waals surface area contributed by atoms with Gasteiger partial charge in [-0.2, -0.15) is 0 Å². The summed E-state index contributed by atoms with van der Waals surface area (Å²) >= 11 is 0. The van der Waals surface area contributed by atoms with Gasteiger partial charge in [-0.25, -0.2) is 4.57 Å². The molecule has 0 bridgehead atoms. The number of unbranched alkanes of at least 4 members (excludes halogenated alkanes) is 16. The Bertz CT molecular complexity index is 1200. The number of aliphatic hydroxyl groups is 1. The van der Waals surface area contributed by atoms with Gasteiger partial charge in [-0.1, -0.05) is 164 Å². The van der Waals surface area contributed by atoms with Gasteiger partial charge in [0, 0.05) is 19.4 Å². The molecule has 10 nitrogen and oxygen atoms in total. The van der Waals surface area contributed by atoms with Gasteiger partial charge >= 0.3 is 19.8 Å². The van der Waals surface area contributed by atoms with E-state index in [0.717, 1.165) is 38.5 Å². The number of phosphoric acid groups is 1. The zero-order valence-electron chi connectivity index (χ0n) is 36.4. The molecule has 4 N–H and O–H groups in total. The lowest BCUT2D eigenvalue weighted by molar-refractivity contribution is -0.161. The van der Waals surface area contributed by atoms with Crippen molar-refractivity contribution in [3.05, 3.63) is 72.9 Å². The summed E-state index contributed by atoms with van der Waals surface area (Å²) in [5, 5.41) is 9.47. The van der Waals surface area contributed by atoms with E-state index < -0.39 is 32.5 Å². The van der Waals surface area contributed by atoms with Crippen LogP contribution in [0.25, 0.3) is 0 Å². The predicted octanol–water partition coefficient (Wildman–Crippen LogP) is 12.0. The molecule has 0 rings (SSSR count). The maximum Gasteiger partial charge on any atom is 0.472 e. The van der Waals surface area contributed by atoms with Gasteiger partial charge < -0.3 is 25.2 Å². The Balaban J connectivity index is 4.24. The molecule has 3 atom stereocenters. The Morgan fingerprint density at radius 3 is 1.69 bits per heavy atom. The maximum absolute atomic E-state index is 12.6. The molecule has 0 aliphatic heterocycles. The highest BCUT2D eigenvalue weighted by Crippen LogP contribution is 2.43. The highest BCUT2D eigenvalue weighted by Gasteiger charge is 2.26. The maximum atomic E-state index is 12.6. The second-order valence-electron chi connectivity index (χ2n) is 14.7. The van der Waals surface area contributed by atoms with E-state index in [0.29, 0.717) is 25.7 Å². The third kappa shape index (κ3) is 41.6. The zero-order chi connectivity index (χ0) is 42.6. The summed E-state index contributed by atoms with van der Waals surface area (Å²) in [6, 6.07) is 0. The molecule has 0 saturated carbocycles. The topological polar surface area (TPSA) is 155 Å². The van der Waals surface area contributed by atoms with Crippen LogP contribution in [0, 0.1) is 0 Å². The van der Waals surface area contributed by atoms with Crippen LogP contribution in [0.15, 0.2) is 72.9 Å². The minimum Gasteiger partial charge on any atom is -0.462 e. The number of esters is 2. The Labute approximate surface area is 353 Å². The standard InChI is InChI=1S/C47H82NO9P/c1-3-5-6-7-8-9-10-11-12-13-14-15-16-20-23-26-29-32-35-38-46(50)54-42-45(43-56-58(52,53)55-41-40-48)57-47(51)39-36-33-30-27-24-21-18-17-19-22-25-28-31-34-37-44(49)4-2/h11-12,18-19,21-22,27-28,30-31,34,37,44-45,49H,3-10,13-17,20,23-26,29,32-33,35-36,38-43,48H2,1-2H3,(H,52,53)/b12-11-,21-18-,22-19-,30-27-,31-28-,37-34+/t44-,45-/m1/s1. The third-order valence-corrected chi connectivity index (χ3v) is 10.2. The number of carbonyl (C=O) groups is 2. The van der Waals surface area contributed by atoms with Crippen LogP contribution in [0.5, 0.6) is 0 Å². The smallest absolute Gasteiger partial charge is 0.462 e. The normalized spacial score (nSPS) is 14.5. The van der Waals surface area contributed by atoms with Crippen molar-refractivity contribution >= 4 is 19.8 Å². The summed E-state index contributed by atoms with van der Waals surface area (Å²) in [6.07, 6.45) is 48.9. The number of ether oxygens (including phenoxy) is 2. The van der Waals surface area contributed by atoms with Crippen molar-refractivity contribution in [3.8, 4) is 0 Å². The van der Waals surface area contributed by atoms with Crippen LogP contribution in [-0.4, -0.2) is 60.5 Å². The van der Waals surface area contributed by atoms with Crippen molar-refractivity contribution in [2.24, 2.45) is 5.73 Å². The first kappa shape index (κ1) is 55.4. The number of rotatable bonds is 41. The van der Waals surface area contributed by atoms with Crippen molar-refractivity contribution in [2.45, 2.75) is 187 Å². The summed E-state index contributed by atoms with van der Waals surface area (Å²) in [7, 11) is -4.41. The molecule has 0 radical (unpaired) electrons. The number of nitrogens with two attached hydrogens (primary N) is 1. The van der Waals surface area contributed by atoms with Crippen LogP contribution in [0.2, 0.25) is 0 Å². The lowest BCUT2D eigenvalue weighted by Gasteiger charge is -2.19. The van der Waals surface area contributed by atoms with Gasteiger partial charge in [0.1, 0.15) is 6.61 Å². The summed E-state index contributed by atoms with van der Waals surface area (Å²) in [5.74, 6) is -0.922. The molecular weight excluding hydrogens is 753 g/mol. The first-order valence-corrected chi connectivity index (χ1v) is 24.0. The van der Waals surface area contributed by atoms with Crippen LogP contribution >= 0.6 is 7.82 Å². The Hall–Kier alpha value is -2.59. The third-order valence-electron chi connectivity index (χ3n) is 9.23.